The van der Waals surface area contributed by atoms with Crippen molar-refractivity contribution in [2.75, 3.05) is 21.9 Å². The highest BCUT2D eigenvalue weighted by Gasteiger charge is 2.36. The molecule has 0 spiro atoms. The minimum absolute atomic E-state index is 0.00911. The number of esters is 1. The van der Waals surface area contributed by atoms with Gasteiger partial charge in [-0.2, -0.15) is 13.2 Å². The molecule has 1 aliphatic rings. The topological polar surface area (TPSA) is 126 Å². The van der Waals surface area contributed by atoms with Gasteiger partial charge in [0.1, 0.15) is 11.3 Å². The number of hydrogen-bond donors (Lipinski definition) is 1. The molecule has 0 amide bonds. The lowest BCUT2D eigenvalue weighted by molar-refractivity contribution is -0.106. The minimum atomic E-state index is -4.93. The van der Waals surface area contributed by atoms with Crippen molar-refractivity contribution in [1.82, 2.24) is 10.2 Å². The van der Waals surface area contributed by atoms with E-state index in [1.807, 2.05) is 0 Å². The molecule has 0 radical (unpaired) electrons. The van der Waals surface area contributed by atoms with E-state index in [0.717, 1.165) is 35.4 Å². The predicted octanol–water partition coefficient (Wildman–Crippen LogP) is 6.40. The molecule has 10 nitrogen and oxygen atoms in total. The molecular formula is C24H33F3N6O4S2. The number of fused-ring (bicyclic) bond motifs is 1. The number of carbonyl (C=O) groups is 1. The number of sulfonamides is 1. The van der Waals surface area contributed by atoms with Crippen LogP contribution >= 0.6 is 11.3 Å². The Balaban J connectivity index is 2.02. The summed E-state index contributed by atoms with van der Waals surface area (Å²) in [4.78, 5) is 14.4. The first-order chi connectivity index (χ1) is 18.0. The van der Waals surface area contributed by atoms with E-state index in [1.165, 1.54) is 6.07 Å². The number of nitrogens with one attached hydrogen (secondary N) is 1. The zero-order valence-electron chi connectivity index (χ0n) is 22.7. The summed E-state index contributed by atoms with van der Waals surface area (Å²) in [6, 6.07) is 3.35. The van der Waals surface area contributed by atoms with E-state index >= 15 is 0 Å². The lowest BCUT2D eigenvalue weighted by Gasteiger charge is -2.40. The number of carbonyl (C=O) groups excluding carboxylic acids is 1. The number of nitrogens with zero attached hydrogens (tertiary/aromatic N) is 5. The van der Waals surface area contributed by atoms with E-state index in [9.17, 15) is 26.4 Å². The molecule has 1 atom stereocenters. The van der Waals surface area contributed by atoms with Crippen LogP contribution in [0.5, 0.6) is 0 Å². The molecular weight excluding hydrogens is 557 g/mol. The van der Waals surface area contributed by atoms with E-state index in [4.69, 9.17) is 4.74 Å². The zero-order valence-corrected chi connectivity index (χ0v) is 24.3. The maximum absolute atomic E-state index is 12.9. The molecule has 0 saturated heterocycles. The molecule has 1 unspecified atom stereocenters. The van der Waals surface area contributed by atoms with Crippen molar-refractivity contribution in [1.29, 1.82) is 0 Å². The molecule has 1 N–H and O–H groups in total. The van der Waals surface area contributed by atoms with Crippen LogP contribution in [0.1, 0.15) is 69.7 Å². The summed E-state index contributed by atoms with van der Waals surface area (Å²) in [7, 11) is -4.79. The Bertz CT molecular complexity index is 1320. The smallest absolute Gasteiger partial charge is 0.404 e. The Hall–Kier alpha value is -2.81. The molecule has 0 bridgehead atoms. The van der Waals surface area contributed by atoms with Crippen molar-refractivity contribution in [3.8, 4) is 0 Å². The van der Waals surface area contributed by atoms with Gasteiger partial charge in [-0.25, -0.2) is 13.2 Å². The molecule has 1 aromatic heterocycles. The van der Waals surface area contributed by atoms with Crippen molar-refractivity contribution in [3.63, 3.8) is 0 Å². The van der Waals surface area contributed by atoms with Gasteiger partial charge in [-0.05, 0) is 63.6 Å². The molecule has 0 aliphatic carbocycles. The van der Waals surface area contributed by atoms with Crippen molar-refractivity contribution in [3.05, 3.63) is 22.7 Å². The first-order valence-corrected chi connectivity index (χ1v) is 14.9. The van der Waals surface area contributed by atoms with Gasteiger partial charge in [0.25, 0.3) is 5.13 Å². The largest absolute Gasteiger partial charge is 0.455 e. The number of azo groups is 1. The summed E-state index contributed by atoms with van der Waals surface area (Å²) >= 11 is 0.814. The fraction of sp³-hybridized carbons (Fsp3) is 0.625. The lowest BCUT2D eigenvalue weighted by Crippen LogP contribution is -2.41. The van der Waals surface area contributed by atoms with Crippen LogP contribution in [0, 0.1) is 5.92 Å². The molecule has 216 valence electrons. The van der Waals surface area contributed by atoms with E-state index in [1.54, 1.807) is 26.8 Å². The van der Waals surface area contributed by atoms with Crippen LogP contribution in [0.2, 0.25) is 0 Å². The number of rotatable bonds is 9. The molecule has 39 heavy (non-hydrogen) atoms. The van der Waals surface area contributed by atoms with E-state index in [2.05, 4.69) is 50.8 Å². The van der Waals surface area contributed by atoms with Gasteiger partial charge >= 0.3 is 12.1 Å². The summed E-state index contributed by atoms with van der Waals surface area (Å²) in [5.41, 5.74) is 0.765. The first-order valence-electron chi connectivity index (χ1n) is 12.5. The molecule has 1 aromatic carbocycles. The fourth-order valence-corrected chi connectivity index (χ4v) is 5.71. The van der Waals surface area contributed by atoms with Crippen molar-refractivity contribution < 1.29 is 31.1 Å². The Morgan fingerprint density at radius 2 is 1.92 bits per heavy atom. The number of aryl methyl sites for hydroxylation is 1. The van der Waals surface area contributed by atoms with E-state index in [-0.39, 0.29) is 27.6 Å². The molecule has 2 aromatic rings. The van der Waals surface area contributed by atoms with Crippen molar-refractivity contribution >= 4 is 49.5 Å². The number of benzene rings is 1. The Morgan fingerprint density at radius 1 is 1.23 bits per heavy atom. The maximum atomic E-state index is 12.9. The van der Waals surface area contributed by atoms with Crippen molar-refractivity contribution in [2.24, 2.45) is 16.1 Å². The average molecular weight is 591 g/mol. The van der Waals surface area contributed by atoms with Crippen LogP contribution in [-0.4, -0.2) is 54.7 Å². The van der Waals surface area contributed by atoms with Gasteiger partial charge < -0.3 is 9.64 Å². The predicted molar refractivity (Wildman–Crippen MR) is 144 cm³/mol. The monoisotopic (exact) mass is 590 g/mol. The Kier molecular flexibility index (Phi) is 9.25. The summed E-state index contributed by atoms with van der Waals surface area (Å²) in [5, 5.41) is 15.6. The molecule has 15 heteroatoms. The minimum Gasteiger partial charge on any atom is -0.455 e. The van der Waals surface area contributed by atoms with E-state index in [0.29, 0.717) is 18.9 Å². The van der Waals surface area contributed by atoms with Crippen LogP contribution in [0.4, 0.5) is 35.4 Å². The quantitative estimate of drug-likeness (QED) is 0.265. The highest BCUT2D eigenvalue weighted by atomic mass is 32.2. The van der Waals surface area contributed by atoms with Gasteiger partial charge in [0, 0.05) is 18.3 Å². The Morgan fingerprint density at radius 3 is 2.51 bits per heavy atom. The molecule has 0 fully saturated rings. The Labute approximate surface area is 230 Å². The highest BCUT2D eigenvalue weighted by molar-refractivity contribution is 7.92. The van der Waals surface area contributed by atoms with Gasteiger partial charge in [0.05, 0.1) is 5.69 Å². The number of alkyl halides is 3. The van der Waals surface area contributed by atoms with Gasteiger partial charge in [0.2, 0.25) is 15.0 Å². The fourth-order valence-electron chi connectivity index (χ4n) is 4.17. The summed E-state index contributed by atoms with van der Waals surface area (Å²) in [6.07, 6.45) is -2.52. The summed E-state index contributed by atoms with van der Waals surface area (Å²) in [5.74, 6) is -2.44. The van der Waals surface area contributed by atoms with Crippen LogP contribution in [0.3, 0.4) is 0 Å². The second kappa shape index (κ2) is 11.7. The molecule has 0 saturated carbocycles. The molecule has 2 heterocycles. The number of hydrogen-bond acceptors (Lipinski definition) is 10. The van der Waals surface area contributed by atoms with Crippen molar-refractivity contribution in [2.45, 2.75) is 78.6 Å². The standard InChI is InChI=1S/C24H33F3N6O4S2/c1-7-16-9-8-15-10-17(28-30-22-31-29-20(38-22)21(34)37-23(4,5)6)18(11-19(15)33(16)12-14(2)3)32-39(35,36)13-24(25,26)27/h10-11,14,16,32H,7-9,12-13H2,1-6H3. The SMILES string of the molecule is CCC1CCc2cc(N=Nc3nnc(C(=O)OC(C)(C)C)s3)c(NS(=O)(=O)CC(F)(F)F)cc2N1CC(C)C. The van der Waals surface area contributed by atoms with Crippen LogP contribution in [0.15, 0.2) is 22.4 Å². The summed E-state index contributed by atoms with van der Waals surface area (Å²) in [6.45, 7) is 12.0. The third-order valence-corrected chi connectivity index (χ3v) is 7.60. The van der Waals surface area contributed by atoms with E-state index < -0.39 is 33.5 Å². The molecule has 1 aliphatic heterocycles. The number of anilines is 2. The summed E-state index contributed by atoms with van der Waals surface area (Å²) < 4.78 is 70.9. The number of ether oxygens (including phenoxy) is 1. The van der Waals surface area contributed by atoms with Crippen LogP contribution < -0.4 is 9.62 Å². The zero-order chi connectivity index (χ0) is 29.2. The maximum Gasteiger partial charge on any atom is 0.404 e. The number of aromatic nitrogens is 2. The van der Waals surface area contributed by atoms with Gasteiger partial charge in [-0.15, -0.1) is 20.4 Å². The third kappa shape index (κ3) is 8.85. The normalized spacial score (nSPS) is 16.6. The van der Waals surface area contributed by atoms with Gasteiger partial charge in [-0.1, -0.05) is 32.1 Å². The van der Waals surface area contributed by atoms with Gasteiger partial charge in [0.15, 0.2) is 5.75 Å². The average Bonchev–Trinajstić information content (AvgIpc) is 3.24. The lowest BCUT2D eigenvalue weighted by atomic mass is 9.92. The van der Waals surface area contributed by atoms with Gasteiger partial charge in [-0.3, -0.25) is 4.72 Å². The second-order valence-corrected chi connectivity index (χ2v) is 13.4. The first kappa shape index (κ1) is 30.7. The third-order valence-electron chi connectivity index (χ3n) is 5.58. The number of halogens is 3. The molecule has 3 rings (SSSR count). The second-order valence-electron chi connectivity index (χ2n) is 10.7. The highest BCUT2D eigenvalue weighted by Crippen LogP contribution is 2.41. The van der Waals surface area contributed by atoms with Crippen LogP contribution in [0.25, 0.3) is 0 Å². The van der Waals surface area contributed by atoms with Crippen LogP contribution in [-0.2, 0) is 21.2 Å².